The first-order valence-electron chi connectivity index (χ1n) is 9.83. The number of methoxy groups -OCH3 is 1. The van der Waals surface area contributed by atoms with E-state index in [-0.39, 0.29) is 0 Å². The first kappa shape index (κ1) is 19.5. The zero-order valence-corrected chi connectivity index (χ0v) is 17.4. The first-order chi connectivity index (χ1) is 14.6. The summed E-state index contributed by atoms with van der Waals surface area (Å²) in [7, 11) is 1.67. The lowest BCUT2D eigenvalue weighted by Crippen LogP contribution is -1.94. The third-order valence-corrected chi connectivity index (χ3v) is 4.91. The van der Waals surface area contributed by atoms with Crippen molar-refractivity contribution >= 4 is 11.9 Å². The van der Waals surface area contributed by atoms with Gasteiger partial charge < -0.3 is 14.0 Å². The van der Waals surface area contributed by atoms with Gasteiger partial charge in [-0.05, 0) is 80.1 Å². The summed E-state index contributed by atoms with van der Waals surface area (Å²) < 4.78 is 13.3. The van der Waals surface area contributed by atoms with E-state index in [9.17, 15) is 0 Å². The fraction of sp³-hybridized carbons (Fsp3) is 0.115. The molecule has 150 valence electrons. The van der Waals surface area contributed by atoms with Crippen molar-refractivity contribution in [1.29, 1.82) is 0 Å². The van der Waals surface area contributed by atoms with Crippen LogP contribution in [0.3, 0.4) is 0 Å². The molecule has 0 saturated heterocycles. The lowest BCUT2D eigenvalue weighted by atomic mass is 10.2. The van der Waals surface area contributed by atoms with Gasteiger partial charge in [0.25, 0.3) is 0 Å². The number of benzene rings is 3. The molecule has 4 rings (SSSR count). The van der Waals surface area contributed by atoms with Crippen molar-refractivity contribution in [2.75, 3.05) is 7.11 Å². The van der Waals surface area contributed by atoms with E-state index in [2.05, 4.69) is 28.7 Å². The highest BCUT2D eigenvalue weighted by Crippen LogP contribution is 2.26. The molecule has 0 aliphatic rings. The number of nitrogens with zero attached hydrogens (tertiary/aromatic N) is 2. The van der Waals surface area contributed by atoms with Crippen LogP contribution in [0.1, 0.15) is 16.8 Å². The molecule has 1 aromatic heterocycles. The number of para-hydroxylation sites is 1. The Balaban J connectivity index is 1.46. The molecule has 30 heavy (non-hydrogen) atoms. The molecule has 0 aliphatic heterocycles. The van der Waals surface area contributed by atoms with Gasteiger partial charge in [0.1, 0.15) is 17.2 Å². The molecule has 3 aromatic carbocycles. The van der Waals surface area contributed by atoms with E-state index in [1.165, 1.54) is 0 Å². The smallest absolute Gasteiger partial charge is 0.130 e. The molecule has 4 nitrogen and oxygen atoms in total. The molecule has 0 fully saturated rings. The van der Waals surface area contributed by atoms with E-state index < -0.39 is 0 Å². The van der Waals surface area contributed by atoms with Crippen molar-refractivity contribution in [3.05, 3.63) is 102 Å². The second-order valence-corrected chi connectivity index (χ2v) is 7.10. The summed E-state index contributed by atoms with van der Waals surface area (Å²) in [5, 5.41) is 0. The lowest BCUT2D eigenvalue weighted by molar-refractivity contribution is 0.414. The number of aromatic nitrogens is 1. The molecule has 0 bridgehead atoms. The maximum absolute atomic E-state index is 5.95. The Bertz CT molecular complexity index is 1160. The predicted octanol–water partition coefficient (Wildman–Crippen LogP) is 6.65. The normalized spacial score (nSPS) is 11.0. The summed E-state index contributed by atoms with van der Waals surface area (Å²) in [6, 6.07) is 25.9. The number of aryl methyl sites for hydroxylation is 2. The Morgan fingerprint density at radius 3 is 2.23 bits per heavy atom. The van der Waals surface area contributed by atoms with E-state index in [0.29, 0.717) is 0 Å². The minimum Gasteiger partial charge on any atom is -0.497 e. The highest BCUT2D eigenvalue weighted by molar-refractivity contribution is 5.82. The fourth-order valence-corrected chi connectivity index (χ4v) is 3.24. The quantitative estimate of drug-likeness (QED) is 0.342. The van der Waals surface area contributed by atoms with E-state index >= 15 is 0 Å². The molecule has 0 aliphatic carbocycles. The molecular formula is C26H24N2O2. The van der Waals surface area contributed by atoms with Gasteiger partial charge in [-0.3, -0.25) is 4.99 Å². The Hall–Kier alpha value is -3.79. The molecule has 0 saturated carbocycles. The van der Waals surface area contributed by atoms with Crippen molar-refractivity contribution in [1.82, 2.24) is 4.57 Å². The van der Waals surface area contributed by atoms with Gasteiger partial charge >= 0.3 is 0 Å². The summed E-state index contributed by atoms with van der Waals surface area (Å²) in [4.78, 5) is 4.60. The van der Waals surface area contributed by atoms with Crippen LogP contribution >= 0.6 is 0 Å². The molecule has 0 N–H and O–H groups in total. The van der Waals surface area contributed by atoms with E-state index in [1.807, 2.05) is 85.9 Å². The second kappa shape index (κ2) is 8.70. The maximum atomic E-state index is 5.95. The standard InChI is InChI=1S/C26H24N2O2/c1-19-6-4-5-7-26(19)30-25-12-8-22(9-13-25)27-17-21-16-20(2)28(18-21)23-10-14-24(29-3)15-11-23/h4-18H,1-3H3. The third kappa shape index (κ3) is 4.44. The van der Waals surface area contributed by atoms with Crippen molar-refractivity contribution in [3.8, 4) is 22.9 Å². The van der Waals surface area contributed by atoms with Crippen LogP contribution in [0.2, 0.25) is 0 Å². The van der Waals surface area contributed by atoms with Crippen LogP contribution in [-0.2, 0) is 0 Å². The second-order valence-electron chi connectivity index (χ2n) is 7.10. The van der Waals surface area contributed by atoms with Crippen LogP contribution in [0.5, 0.6) is 17.2 Å². The van der Waals surface area contributed by atoms with E-state index in [4.69, 9.17) is 9.47 Å². The largest absolute Gasteiger partial charge is 0.497 e. The monoisotopic (exact) mass is 396 g/mol. The van der Waals surface area contributed by atoms with Crippen molar-refractivity contribution in [2.24, 2.45) is 4.99 Å². The summed E-state index contributed by atoms with van der Waals surface area (Å²) in [6.07, 6.45) is 3.96. The van der Waals surface area contributed by atoms with Gasteiger partial charge in [0, 0.05) is 29.4 Å². The van der Waals surface area contributed by atoms with Crippen molar-refractivity contribution < 1.29 is 9.47 Å². The highest BCUT2D eigenvalue weighted by Gasteiger charge is 2.04. The van der Waals surface area contributed by atoms with Gasteiger partial charge in [-0.2, -0.15) is 0 Å². The molecule has 4 heteroatoms. The zero-order valence-electron chi connectivity index (χ0n) is 17.4. The van der Waals surface area contributed by atoms with Crippen LogP contribution in [0.4, 0.5) is 5.69 Å². The third-order valence-electron chi connectivity index (χ3n) is 4.91. The van der Waals surface area contributed by atoms with E-state index in [1.54, 1.807) is 7.11 Å². The van der Waals surface area contributed by atoms with Gasteiger partial charge in [-0.1, -0.05) is 18.2 Å². The van der Waals surface area contributed by atoms with Crippen LogP contribution in [0.25, 0.3) is 5.69 Å². The highest BCUT2D eigenvalue weighted by atomic mass is 16.5. The van der Waals surface area contributed by atoms with E-state index in [0.717, 1.165) is 45.4 Å². The topological polar surface area (TPSA) is 35.8 Å². The minimum absolute atomic E-state index is 0.796. The predicted molar refractivity (Wildman–Crippen MR) is 122 cm³/mol. The van der Waals surface area contributed by atoms with Gasteiger partial charge in [-0.15, -0.1) is 0 Å². The molecule has 0 unspecified atom stereocenters. The summed E-state index contributed by atoms with van der Waals surface area (Å²) in [5.41, 5.74) is 5.26. The Labute approximate surface area is 177 Å². The Morgan fingerprint density at radius 2 is 1.53 bits per heavy atom. The van der Waals surface area contributed by atoms with Crippen LogP contribution in [-0.4, -0.2) is 17.9 Å². The number of ether oxygens (including phenoxy) is 2. The molecule has 0 spiro atoms. The average molecular weight is 396 g/mol. The number of hydrogen-bond donors (Lipinski definition) is 0. The molecule has 0 amide bonds. The minimum atomic E-state index is 0.796. The molecule has 0 radical (unpaired) electrons. The molecule has 1 heterocycles. The molecule has 0 atom stereocenters. The SMILES string of the molecule is COc1ccc(-n2cc(C=Nc3ccc(Oc4ccccc4C)cc3)cc2C)cc1. The lowest BCUT2D eigenvalue weighted by Gasteiger charge is -2.08. The fourth-order valence-electron chi connectivity index (χ4n) is 3.24. The maximum Gasteiger partial charge on any atom is 0.130 e. The zero-order chi connectivity index (χ0) is 20.9. The van der Waals surface area contributed by atoms with Crippen LogP contribution in [0, 0.1) is 13.8 Å². The molecule has 4 aromatic rings. The number of rotatable bonds is 6. The Morgan fingerprint density at radius 1 is 0.833 bits per heavy atom. The molecular weight excluding hydrogens is 372 g/mol. The van der Waals surface area contributed by atoms with Gasteiger partial charge in [0.15, 0.2) is 0 Å². The van der Waals surface area contributed by atoms with Crippen molar-refractivity contribution in [3.63, 3.8) is 0 Å². The van der Waals surface area contributed by atoms with Crippen LogP contribution < -0.4 is 9.47 Å². The number of hydrogen-bond acceptors (Lipinski definition) is 3. The van der Waals surface area contributed by atoms with Crippen LogP contribution in [0.15, 0.2) is 90.1 Å². The van der Waals surface area contributed by atoms with Gasteiger partial charge in [0.2, 0.25) is 0 Å². The number of aliphatic imine (C=N–C) groups is 1. The summed E-state index contributed by atoms with van der Waals surface area (Å²) in [5.74, 6) is 2.51. The Kier molecular flexibility index (Phi) is 5.66. The summed E-state index contributed by atoms with van der Waals surface area (Å²) in [6.45, 7) is 4.12. The van der Waals surface area contributed by atoms with Crippen molar-refractivity contribution in [2.45, 2.75) is 13.8 Å². The first-order valence-corrected chi connectivity index (χ1v) is 9.83. The average Bonchev–Trinajstić information content (AvgIpc) is 3.15. The van der Waals surface area contributed by atoms with Gasteiger partial charge in [-0.25, -0.2) is 0 Å². The summed E-state index contributed by atoms with van der Waals surface area (Å²) >= 11 is 0. The van der Waals surface area contributed by atoms with Gasteiger partial charge in [0.05, 0.1) is 12.8 Å².